The Balaban J connectivity index is 3.05. The average molecular weight is 195 g/mol. The van der Waals surface area contributed by atoms with Crippen LogP contribution in [0.25, 0.3) is 6.08 Å². The van der Waals surface area contributed by atoms with Crippen molar-refractivity contribution in [3.63, 3.8) is 0 Å². The average Bonchev–Trinajstić information content (AvgIpc) is 2.15. The summed E-state index contributed by atoms with van der Waals surface area (Å²) in [6.07, 6.45) is 3.36. The van der Waals surface area contributed by atoms with Gasteiger partial charge in [0.1, 0.15) is 11.6 Å². The van der Waals surface area contributed by atoms with Crippen LogP contribution in [0.4, 0.5) is 4.39 Å². The molecule has 0 saturated carbocycles. The minimum absolute atomic E-state index is 0.0979. The minimum Gasteiger partial charge on any atom is -0.496 e. The Kier molecular flexibility index (Phi) is 3.65. The lowest BCUT2D eigenvalue weighted by Crippen LogP contribution is -2.10. The van der Waals surface area contributed by atoms with E-state index in [-0.39, 0.29) is 11.9 Å². The van der Waals surface area contributed by atoms with E-state index in [1.54, 1.807) is 24.3 Å². The second-order valence-electron chi connectivity index (χ2n) is 3.07. The first-order chi connectivity index (χ1) is 6.65. The standard InChI is InChI=1S/C11H14FNO/c1-8(13)6-7-9-10(12)4-3-5-11(9)14-2/h3-8H,13H2,1-2H3/b7-6+. The topological polar surface area (TPSA) is 35.2 Å². The van der Waals surface area contributed by atoms with Crippen molar-refractivity contribution < 1.29 is 9.13 Å². The zero-order valence-electron chi connectivity index (χ0n) is 8.33. The number of halogens is 1. The van der Waals surface area contributed by atoms with Gasteiger partial charge in [-0.3, -0.25) is 0 Å². The van der Waals surface area contributed by atoms with Crippen LogP contribution in [0.3, 0.4) is 0 Å². The first-order valence-corrected chi connectivity index (χ1v) is 4.41. The molecule has 0 bridgehead atoms. The number of ether oxygens (including phenoxy) is 1. The van der Waals surface area contributed by atoms with E-state index in [1.807, 2.05) is 6.92 Å². The number of nitrogens with two attached hydrogens (primary N) is 1. The second-order valence-corrected chi connectivity index (χ2v) is 3.07. The SMILES string of the molecule is COc1cccc(F)c1/C=C/C(C)N. The molecule has 0 aliphatic rings. The zero-order valence-corrected chi connectivity index (χ0v) is 8.33. The molecule has 2 N–H and O–H groups in total. The molecule has 0 radical (unpaired) electrons. The molecule has 0 heterocycles. The predicted molar refractivity (Wildman–Crippen MR) is 55.6 cm³/mol. The molecule has 0 amide bonds. The maximum Gasteiger partial charge on any atom is 0.134 e. The molecular weight excluding hydrogens is 181 g/mol. The van der Waals surface area contributed by atoms with Crippen LogP contribution >= 0.6 is 0 Å². The van der Waals surface area contributed by atoms with Gasteiger partial charge in [-0.05, 0) is 19.1 Å². The van der Waals surface area contributed by atoms with Crippen molar-refractivity contribution in [3.8, 4) is 5.75 Å². The molecule has 0 fully saturated rings. The molecule has 0 spiro atoms. The van der Waals surface area contributed by atoms with Gasteiger partial charge in [-0.2, -0.15) is 0 Å². The molecule has 1 aromatic rings. The maximum atomic E-state index is 13.3. The fourth-order valence-electron chi connectivity index (χ4n) is 1.10. The van der Waals surface area contributed by atoms with Crippen molar-refractivity contribution in [1.29, 1.82) is 0 Å². The van der Waals surface area contributed by atoms with Crippen LogP contribution in [0.15, 0.2) is 24.3 Å². The number of methoxy groups -OCH3 is 1. The van der Waals surface area contributed by atoms with Crippen LogP contribution in [0.2, 0.25) is 0 Å². The third-order valence-electron chi connectivity index (χ3n) is 1.80. The number of hydrogen-bond acceptors (Lipinski definition) is 2. The van der Waals surface area contributed by atoms with Gasteiger partial charge in [-0.1, -0.05) is 18.2 Å². The van der Waals surface area contributed by atoms with Gasteiger partial charge < -0.3 is 10.5 Å². The Bertz CT molecular complexity index is 334. The molecule has 14 heavy (non-hydrogen) atoms. The van der Waals surface area contributed by atoms with E-state index in [0.29, 0.717) is 11.3 Å². The molecule has 0 aromatic heterocycles. The van der Waals surface area contributed by atoms with Gasteiger partial charge in [-0.25, -0.2) is 4.39 Å². The largest absolute Gasteiger partial charge is 0.496 e. The maximum absolute atomic E-state index is 13.3. The molecule has 1 atom stereocenters. The quantitative estimate of drug-likeness (QED) is 0.802. The summed E-state index contributed by atoms with van der Waals surface area (Å²) in [4.78, 5) is 0. The molecule has 0 aliphatic heterocycles. The van der Waals surface area contributed by atoms with E-state index >= 15 is 0 Å². The summed E-state index contributed by atoms with van der Waals surface area (Å²) in [6, 6.07) is 4.62. The summed E-state index contributed by atoms with van der Waals surface area (Å²) in [6.45, 7) is 1.82. The lowest BCUT2D eigenvalue weighted by molar-refractivity contribution is 0.410. The van der Waals surface area contributed by atoms with Gasteiger partial charge in [0, 0.05) is 6.04 Å². The Hall–Kier alpha value is -1.35. The van der Waals surface area contributed by atoms with E-state index < -0.39 is 0 Å². The van der Waals surface area contributed by atoms with Crippen molar-refractivity contribution in [2.75, 3.05) is 7.11 Å². The molecule has 1 aromatic carbocycles. The highest BCUT2D eigenvalue weighted by molar-refractivity contribution is 5.58. The summed E-state index contributed by atoms with van der Waals surface area (Å²) in [7, 11) is 1.51. The van der Waals surface area contributed by atoms with E-state index in [2.05, 4.69) is 0 Å². The second kappa shape index (κ2) is 4.77. The highest BCUT2D eigenvalue weighted by Crippen LogP contribution is 2.22. The van der Waals surface area contributed by atoms with Crippen molar-refractivity contribution in [2.24, 2.45) is 5.73 Å². The summed E-state index contributed by atoms with van der Waals surface area (Å²) >= 11 is 0. The summed E-state index contributed by atoms with van der Waals surface area (Å²) < 4.78 is 18.3. The van der Waals surface area contributed by atoms with Gasteiger partial charge in [0.05, 0.1) is 12.7 Å². The summed E-state index contributed by atoms with van der Waals surface area (Å²) in [5.74, 6) is 0.211. The van der Waals surface area contributed by atoms with E-state index in [0.717, 1.165) is 0 Å². The lowest BCUT2D eigenvalue weighted by atomic mass is 10.1. The Labute approximate surface area is 83.2 Å². The van der Waals surface area contributed by atoms with Gasteiger partial charge >= 0.3 is 0 Å². The highest BCUT2D eigenvalue weighted by Gasteiger charge is 2.04. The van der Waals surface area contributed by atoms with Crippen LogP contribution < -0.4 is 10.5 Å². The van der Waals surface area contributed by atoms with Crippen LogP contribution in [0.5, 0.6) is 5.75 Å². The van der Waals surface area contributed by atoms with Crippen LogP contribution in [0.1, 0.15) is 12.5 Å². The fourth-order valence-corrected chi connectivity index (χ4v) is 1.10. The van der Waals surface area contributed by atoms with Crippen molar-refractivity contribution in [3.05, 3.63) is 35.7 Å². The van der Waals surface area contributed by atoms with E-state index in [4.69, 9.17) is 10.5 Å². The first kappa shape index (κ1) is 10.7. The van der Waals surface area contributed by atoms with Gasteiger partial charge in [0.25, 0.3) is 0 Å². The predicted octanol–water partition coefficient (Wildman–Crippen LogP) is 2.19. The van der Waals surface area contributed by atoms with Gasteiger partial charge in [0.2, 0.25) is 0 Å². The normalized spacial score (nSPS) is 13.1. The Morgan fingerprint density at radius 1 is 1.50 bits per heavy atom. The number of benzene rings is 1. The van der Waals surface area contributed by atoms with Gasteiger partial charge in [-0.15, -0.1) is 0 Å². The molecule has 2 nitrogen and oxygen atoms in total. The Morgan fingerprint density at radius 3 is 2.79 bits per heavy atom. The first-order valence-electron chi connectivity index (χ1n) is 4.41. The van der Waals surface area contributed by atoms with Crippen LogP contribution in [0, 0.1) is 5.82 Å². The molecule has 0 saturated heterocycles. The monoisotopic (exact) mass is 195 g/mol. The Morgan fingerprint density at radius 2 is 2.21 bits per heavy atom. The summed E-state index contributed by atoms with van der Waals surface area (Å²) in [5, 5.41) is 0. The van der Waals surface area contributed by atoms with Crippen molar-refractivity contribution in [1.82, 2.24) is 0 Å². The minimum atomic E-state index is -0.304. The van der Waals surface area contributed by atoms with E-state index in [9.17, 15) is 4.39 Å². The smallest absolute Gasteiger partial charge is 0.134 e. The van der Waals surface area contributed by atoms with Crippen LogP contribution in [-0.4, -0.2) is 13.2 Å². The molecule has 0 aliphatic carbocycles. The molecule has 3 heteroatoms. The molecular formula is C11H14FNO. The van der Waals surface area contributed by atoms with Crippen LogP contribution in [-0.2, 0) is 0 Å². The zero-order chi connectivity index (χ0) is 10.6. The summed E-state index contributed by atoms with van der Waals surface area (Å²) in [5.41, 5.74) is 5.97. The van der Waals surface area contributed by atoms with E-state index in [1.165, 1.54) is 13.2 Å². The third kappa shape index (κ3) is 2.57. The fraction of sp³-hybridized carbons (Fsp3) is 0.273. The molecule has 1 unspecified atom stereocenters. The third-order valence-corrected chi connectivity index (χ3v) is 1.80. The van der Waals surface area contributed by atoms with Crippen molar-refractivity contribution in [2.45, 2.75) is 13.0 Å². The molecule has 1 rings (SSSR count). The lowest BCUT2D eigenvalue weighted by Gasteiger charge is -2.05. The van der Waals surface area contributed by atoms with Gasteiger partial charge in [0.15, 0.2) is 0 Å². The number of hydrogen-bond donors (Lipinski definition) is 1. The van der Waals surface area contributed by atoms with Crippen molar-refractivity contribution >= 4 is 6.08 Å². The highest BCUT2D eigenvalue weighted by atomic mass is 19.1. The number of rotatable bonds is 3. The molecule has 76 valence electrons.